The van der Waals surface area contributed by atoms with Gasteiger partial charge >= 0.3 is 12.0 Å². The number of allylic oxidation sites excluding steroid dienone is 1. The molecule has 0 fully saturated rings. The molecule has 1 aliphatic heterocycles. The normalized spacial score (nSPS) is 13.4. The van der Waals surface area contributed by atoms with Crippen LogP contribution in [0.3, 0.4) is 0 Å². The van der Waals surface area contributed by atoms with Gasteiger partial charge in [-0.15, -0.1) is 18.3 Å². The van der Waals surface area contributed by atoms with Crippen LogP contribution in [0.15, 0.2) is 152 Å². The number of thiocarbonyl (C=S) groups is 1. The molecular formula is C57H60N4O5S2. The second kappa shape index (κ2) is 24.5. The van der Waals surface area contributed by atoms with Gasteiger partial charge in [0.25, 0.3) is 11.8 Å². The van der Waals surface area contributed by atoms with E-state index in [9.17, 15) is 19.2 Å². The first kappa shape index (κ1) is 49.3. The third-order valence-electron chi connectivity index (χ3n) is 12.5. The molecule has 7 rings (SSSR count). The number of thioether (sulfide) groups is 1. The van der Waals surface area contributed by atoms with E-state index in [1.54, 1.807) is 43.0 Å². The maximum Gasteiger partial charge on any atom is 0.337 e. The molecule has 3 N–H and O–H groups in total. The number of esters is 1. The van der Waals surface area contributed by atoms with Gasteiger partial charge in [0, 0.05) is 45.8 Å². The first-order valence-corrected chi connectivity index (χ1v) is 25.0. The fourth-order valence-electron chi connectivity index (χ4n) is 8.87. The molecule has 0 saturated heterocycles. The molecule has 3 atom stereocenters. The van der Waals surface area contributed by atoms with Crippen molar-refractivity contribution in [2.45, 2.75) is 88.7 Å². The summed E-state index contributed by atoms with van der Waals surface area (Å²) < 4.78 is 6.38. The van der Waals surface area contributed by atoms with E-state index in [1.165, 1.54) is 21.6 Å². The third-order valence-corrected chi connectivity index (χ3v) is 14.3. The molecule has 0 aliphatic carbocycles. The van der Waals surface area contributed by atoms with Crippen molar-refractivity contribution in [1.82, 2.24) is 10.3 Å². The lowest BCUT2D eigenvalue weighted by atomic mass is 9.79. The molecule has 68 heavy (non-hydrogen) atoms. The van der Waals surface area contributed by atoms with Gasteiger partial charge in [-0.25, -0.2) is 4.79 Å². The number of ether oxygens (including phenoxy) is 1. The second-order valence-electron chi connectivity index (χ2n) is 17.1. The number of imide groups is 1. The largest absolute Gasteiger partial charge is 0.466 e. The number of hydrogen-bond donors (Lipinski definition) is 3. The molecule has 3 unspecified atom stereocenters. The van der Waals surface area contributed by atoms with E-state index in [-0.39, 0.29) is 41.4 Å². The smallest absolute Gasteiger partial charge is 0.337 e. The predicted octanol–water partition coefficient (Wildman–Crippen LogP) is 13.7. The maximum absolute atomic E-state index is 13.4. The number of nitrogens with zero attached hydrogens (tertiary/aromatic N) is 1. The predicted molar refractivity (Wildman–Crippen MR) is 282 cm³/mol. The molecule has 1 heterocycles. The number of hydrogen-bond acceptors (Lipinski definition) is 8. The summed E-state index contributed by atoms with van der Waals surface area (Å²) in [6.45, 7) is 8.50. The SMILES string of the molecule is C=CCCc1ccc(C(CCCC(=O)OCCCC)CC(CC(SC(=S)c2ccccc2)c2ccccc2)c2ccc(NC(=O)NNc3ccc4c5c(cccc35)C(=O)N(CC)C4=O)cc2)cc1. The fraction of sp³-hybridized carbons (Fsp3) is 0.281. The summed E-state index contributed by atoms with van der Waals surface area (Å²) in [6, 6.07) is 45.9. The number of amides is 4. The molecule has 1 aliphatic rings. The van der Waals surface area contributed by atoms with Gasteiger partial charge in [0.1, 0.15) is 0 Å². The highest BCUT2D eigenvalue weighted by Gasteiger charge is 2.32. The van der Waals surface area contributed by atoms with Gasteiger partial charge < -0.3 is 10.1 Å². The van der Waals surface area contributed by atoms with E-state index < -0.39 is 6.03 Å². The minimum Gasteiger partial charge on any atom is -0.466 e. The van der Waals surface area contributed by atoms with Crippen LogP contribution in [-0.2, 0) is 16.0 Å². The van der Waals surface area contributed by atoms with E-state index in [2.05, 4.69) is 102 Å². The summed E-state index contributed by atoms with van der Waals surface area (Å²) in [6.07, 6.45) is 9.11. The topological polar surface area (TPSA) is 117 Å². The lowest BCUT2D eigenvalue weighted by molar-refractivity contribution is -0.143. The molecule has 0 spiro atoms. The summed E-state index contributed by atoms with van der Waals surface area (Å²) in [4.78, 5) is 53.7. The van der Waals surface area contributed by atoms with E-state index in [1.807, 2.05) is 48.5 Å². The van der Waals surface area contributed by atoms with Crippen molar-refractivity contribution in [2.24, 2.45) is 0 Å². The zero-order valence-corrected chi connectivity index (χ0v) is 40.5. The number of carbonyl (C=O) groups excluding carboxylic acids is 4. The van der Waals surface area contributed by atoms with Gasteiger partial charge in [-0.2, -0.15) is 0 Å². The monoisotopic (exact) mass is 944 g/mol. The summed E-state index contributed by atoms with van der Waals surface area (Å²) in [5, 5.41) is 4.21. The van der Waals surface area contributed by atoms with Gasteiger partial charge in [0.05, 0.1) is 16.5 Å². The van der Waals surface area contributed by atoms with Crippen molar-refractivity contribution in [3.05, 3.63) is 191 Å². The summed E-state index contributed by atoms with van der Waals surface area (Å²) in [5.74, 6) is -0.612. The Hall–Kier alpha value is -6.56. The zero-order chi connectivity index (χ0) is 47.8. The third kappa shape index (κ3) is 12.7. The Kier molecular flexibility index (Phi) is 17.7. The summed E-state index contributed by atoms with van der Waals surface area (Å²) in [7, 11) is 0. The average Bonchev–Trinajstić information content (AvgIpc) is 3.37. The van der Waals surface area contributed by atoms with Crippen LogP contribution >= 0.6 is 24.0 Å². The molecule has 0 bridgehead atoms. The van der Waals surface area contributed by atoms with Gasteiger partial charge in [-0.05, 0) is 122 Å². The highest BCUT2D eigenvalue weighted by molar-refractivity contribution is 8.23. The molecule has 9 nitrogen and oxygen atoms in total. The first-order valence-electron chi connectivity index (χ1n) is 23.7. The first-order chi connectivity index (χ1) is 33.2. The average molecular weight is 945 g/mol. The number of hydrazine groups is 1. The molecule has 11 heteroatoms. The number of rotatable bonds is 23. The van der Waals surface area contributed by atoms with Crippen molar-refractivity contribution in [1.29, 1.82) is 0 Å². The van der Waals surface area contributed by atoms with Crippen LogP contribution in [0.2, 0.25) is 0 Å². The molecule has 0 aromatic heterocycles. The van der Waals surface area contributed by atoms with Gasteiger partial charge in [0.2, 0.25) is 0 Å². The van der Waals surface area contributed by atoms with Gasteiger partial charge in [-0.1, -0.05) is 141 Å². The quantitative estimate of drug-likeness (QED) is 0.0145. The van der Waals surface area contributed by atoms with Crippen molar-refractivity contribution in [3.63, 3.8) is 0 Å². The zero-order valence-electron chi connectivity index (χ0n) is 38.9. The number of benzene rings is 6. The fourth-order valence-corrected chi connectivity index (χ4v) is 10.5. The van der Waals surface area contributed by atoms with Crippen molar-refractivity contribution in [3.8, 4) is 0 Å². The number of aryl methyl sites for hydroxylation is 1. The highest BCUT2D eigenvalue weighted by atomic mass is 32.2. The highest BCUT2D eigenvalue weighted by Crippen LogP contribution is 2.45. The van der Waals surface area contributed by atoms with E-state index in [0.29, 0.717) is 52.7 Å². The van der Waals surface area contributed by atoms with Gasteiger partial charge in [-0.3, -0.25) is 30.1 Å². The Morgan fingerprint density at radius 2 is 1.43 bits per heavy atom. The van der Waals surface area contributed by atoms with Crippen molar-refractivity contribution in [2.75, 3.05) is 23.9 Å². The number of carbonyl (C=O) groups is 4. The minimum atomic E-state index is -0.487. The Labute approximate surface area is 410 Å². The molecule has 0 saturated carbocycles. The standard InChI is InChI=1S/C57H60N4O5S2/c1-4-7-17-39-26-28-40(29-27-39)44(22-15-25-52(62)66-36-8-5-2)37-45(38-51(42-18-11-9-12-19-42)68-56(67)43-20-13-10-14-21-43)41-30-32-46(33-31-41)58-57(65)60-59-50-35-34-49-53-47(50)23-16-24-48(53)54(63)61(6-3)55(49)64/h4,9-14,16,18-21,23-24,26-35,44-45,51,59H,1,5-8,15,17,22,25,36-38H2,2-3H3,(H2,58,60,65). The molecule has 6 aromatic carbocycles. The van der Waals surface area contributed by atoms with Crippen LogP contribution in [0, 0.1) is 0 Å². The van der Waals surface area contributed by atoms with Crippen LogP contribution in [0.4, 0.5) is 16.2 Å². The molecular weight excluding hydrogens is 885 g/mol. The van der Waals surface area contributed by atoms with Crippen LogP contribution in [-0.4, -0.2) is 46.1 Å². The number of unbranched alkanes of at least 4 members (excludes halogenated alkanes) is 1. The van der Waals surface area contributed by atoms with E-state index >= 15 is 0 Å². The molecule has 4 amide bonds. The molecule has 0 radical (unpaired) electrons. The Morgan fingerprint density at radius 3 is 2.12 bits per heavy atom. The van der Waals surface area contributed by atoms with E-state index in [4.69, 9.17) is 17.0 Å². The number of urea groups is 1. The van der Waals surface area contributed by atoms with Crippen LogP contribution in [0.1, 0.15) is 131 Å². The Morgan fingerprint density at radius 1 is 0.750 bits per heavy atom. The van der Waals surface area contributed by atoms with Gasteiger partial charge in [0.15, 0.2) is 0 Å². The lowest BCUT2D eigenvalue weighted by Gasteiger charge is -2.29. The Balaban J connectivity index is 1.13. The maximum atomic E-state index is 13.4. The lowest BCUT2D eigenvalue weighted by Crippen LogP contribution is -2.40. The van der Waals surface area contributed by atoms with Crippen molar-refractivity contribution >= 4 is 74.1 Å². The molecule has 350 valence electrons. The van der Waals surface area contributed by atoms with Crippen LogP contribution < -0.4 is 16.2 Å². The second-order valence-corrected chi connectivity index (χ2v) is 19.0. The minimum absolute atomic E-state index is 0.0380. The Bertz CT molecular complexity index is 2670. The van der Waals surface area contributed by atoms with Crippen molar-refractivity contribution < 1.29 is 23.9 Å². The summed E-state index contributed by atoms with van der Waals surface area (Å²) >= 11 is 7.81. The van der Waals surface area contributed by atoms with Crippen LogP contribution in [0.25, 0.3) is 10.8 Å². The number of anilines is 2. The molecule has 6 aromatic rings. The van der Waals surface area contributed by atoms with Crippen LogP contribution in [0.5, 0.6) is 0 Å². The summed E-state index contributed by atoms with van der Waals surface area (Å²) in [5.41, 5.74) is 13.6. The van der Waals surface area contributed by atoms with E-state index in [0.717, 1.165) is 60.3 Å². The number of nitrogens with one attached hydrogen (secondary N) is 3.